The second-order valence-electron chi connectivity index (χ2n) is 8.05. The Morgan fingerprint density at radius 2 is 2.10 bits per heavy atom. The van der Waals surface area contributed by atoms with Crippen molar-refractivity contribution in [2.75, 3.05) is 36.5 Å². The molecule has 1 atom stereocenters. The number of halogens is 1. The van der Waals surface area contributed by atoms with E-state index in [1.165, 1.54) is 18.7 Å². The predicted molar refractivity (Wildman–Crippen MR) is 109 cm³/mol. The highest BCUT2D eigenvalue weighted by Gasteiger charge is 2.35. The van der Waals surface area contributed by atoms with Gasteiger partial charge in [-0.05, 0) is 31.6 Å². The molecule has 9 heteroatoms. The molecule has 2 fully saturated rings. The molecule has 0 aromatic carbocycles. The van der Waals surface area contributed by atoms with Crippen LogP contribution in [0.3, 0.4) is 0 Å². The second kappa shape index (κ2) is 7.64. The first-order valence-electron chi connectivity index (χ1n) is 10.2. The molecule has 1 amide bonds. The Hall–Kier alpha value is -3.07. The normalized spacial score (nSPS) is 19.7. The lowest BCUT2D eigenvalue weighted by Gasteiger charge is -2.45. The topological polar surface area (TPSA) is 84.7 Å². The Morgan fingerprint density at radius 3 is 2.83 bits per heavy atom. The lowest BCUT2D eigenvalue weighted by molar-refractivity contribution is 0.0242. The zero-order chi connectivity index (χ0) is 20.7. The van der Waals surface area contributed by atoms with Crippen molar-refractivity contribution >= 4 is 23.1 Å². The molecule has 0 spiro atoms. The van der Waals surface area contributed by atoms with Crippen molar-refractivity contribution < 1.29 is 13.9 Å². The number of hydrogen-bond acceptors (Lipinski definition) is 6. The van der Waals surface area contributed by atoms with Gasteiger partial charge in [0.25, 0.3) is 5.91 Å². The molecule has 5 rings (SSSR count). The van der Waals surface area contributed by atoms with Gasteiger partial charge in [0.2, 0.25) is 0 Å². The molecule has 3 aromatic heterocycles. The number of hydrogen-bond donors (Lipinski definition) is 1. The quantitative estimate of drug-likeness (QED) is 0.712. The molecule has 2 aliphatic heterocycles. The fourth-order valence-corrected chi connectivity index (χ4v) is 4.18. The van der Waals surface area contributed by atoms with Crippen molar-refractivity contribution in [3.05, 3.63) is 48.1 Å². The summed E-state index contributed by atoms with van der Waals surface area (Å²) < 4.78 is 21.3. The first-order valence-corrected chi connectivity index (χ1v) is 10.2. The number of aryl methyl sites for hydroxylation is 1. The average Bonchev–Trinajstić information content (AvgIpc) is 3.09. The summed E-state index contributed by atoms with van der Waals surface area (Å²) in [5, 5.41) is 2.67. The highest BCUT2D eigenvalue weighted by atomic mass is 19.1. The Labute approximate surface area is 173 Å². The number of amides is 1. The fourth-order valence-electron chi connectivity index (χ4n) is 4.18. The van der Waals surface area contributed by atoms with Crippen LogP contribution in [0.4, 0.5) is 15.9 Å². The van der Waals surface area contributed by atoms with Crippen molar-refractivity contribution in [2.45, 2.75) is 19.8 Å². The van der Waals surface area contributed by atoms with E-state index >= 15 is 0 Å². The minimum atomic E-state index is -0.502. The molecule has 0 bridgehead atoms. The van der Waals surface area contributed by atoms with Crippen molar-refractivity contribution in [3.63, 3.8) is 0 Å². The lowest BCUT2D eigenvalue weighted by Crippen LogP contribution is -2.52. The Morgan fingerprint density at radius 1 is 1.23 bits per heavy atom. The number of pyridine rings is 1. The smallest absolute Gasteiger partial charge is 0.275 e. The summed E-state index contributed by atoms with van der Waals surface area (Å²) in [5.41, 5.74) is 1.43. The van der Waals surface area contributed by atoms with Crippen molar-refractivity contribution in [2.24, 2.45) is 11.8 Å². The molecule has 0 saturated carbocycles. The summed E-state index contributed by atoms with van der Waals surface area (Å²) in [5.74, 6) is 1.08. The van der Waals surface area contributed by atoms with Gasteiger partial charge in [0.05, 0.1) is 23.8 Å². The van der Waals surface area contributed by atoms with E-state index in [1.807, 2.05) is 0 Å². The standard InChI is InChI=1S/C21H23FN6O2/c1-13-8-28-11-16(5-17(22)20(28)25-13)26-21(29)18-6-24-19(7-23-18)27-9-15(10-27)14-3-2-4-30-12-14/h5-8,11,14-15H,2-4,9-10,12H2,1H3,(H,26,29). The Bertz CT molecular complexity index is 1070. The summed E-state index contributed by atoms with van der Waals surface area (Å²) in [6, 6.07) is 1.25. The number of aromatic nitrogens is 4. The number of rotatable bonds is 4. The minimum absolute atomic E-state index is 0.179. The van der Waals surface area contributed by atoms with Crippen molar-refractivity contribution in [1.82, 2.24) is 19.4 Å². The van der Waals surface area contributed by atoms with Gasteiger partial charge >= 0.3 is 0 Å². The second-order valence-corrected chi connectivity index (χ2v) is 8.05. The number of nitrogens with one attached hydrogen (secondary N) is 1. The number of nitrogens with zero attached hydrogens (tertiary/aromatic N) is 5. The molecule has 156 valence electrons. The van der Waals surface area contributed by atoms with E-state index < -0.39 is 11.7 Å². The predicted octanol–water partition coefficient (Wildman–Crippen LogP) is 2.69. The molecular formula is C21H23FN6O2. The molecule has 1 N–H and O–H groups in total. The van der Waals surface area contributed by atoms with Crippen LogP contribution in [0.25, 0.3) is 5.65 Å². The molecule has 0 radical (unpaired) electrons. The number of carbonyl (C=O) groups excluding carboxylic acids is 1. The summed E-state index contributed by atoms with van der Waals surface area (Å²) in [6.45, 7) is 5.40. The van der Waals surface area contributed by atoms with Gasteiger partial charge in [-0.15, -0.1) is 0 Å². The van der Waals surface area contributed by atoms with E-state index in [0.29, 0.717) is 23.2 Å². The molecule has 2 aliphatic rings. The number of fused-ring (bicyclic) bond motifs is 1. The number of imidazole rings is 1. The monoisotopic (exact) mass is 410 g/mol. The van der Waals surface area contributed by atoms with Crippen LogP contribution in [0.15, 0.2) is 30.9 Å². The number of carbonyl (C=O) groups is 1. The molecule has 3 aromatic rings. The molecule has 0 aliphatic carbocycles. The van der Waals surface area contributed by atoms with Crippen molar-refractivity contribution in [3.8, 4) is 0 Å². The maximum absolute atomic E-state index is 14.2. The molecule has 5 heterocycles. The van der Waals surface area contributed by atoms with Crippen molar-refractivity contribution in [1.29, 1.82) is 0 Å². The summed E-state index contributed by atoms with van der Waals surface area (Å²) in [6.07, 6.45) is 8.76. The average molecular weight is 410 g/mol. The van der Waals surface area contributed by atoms with E-state index in [9.17, 15) is 9.18 Å². The third kappa shape index (κ3) is 3.60. The summed E-state index contributed by atoms with van der Waals surface area (Å²) in [7, 11) is 0. The van der Waals surface area contributed by atoms with E-state index in [4.69, 9.17) is 4.74 Å². The number of ether oxygens (including phenoxy) is 1. The highest BCUT2D eigenvalue weighted by molar-refractivity contribution is 6.02. The zero-order valence-corrected chi connectivity index (χ0v) is 16.7. The van der Waals surface area contributed by atoms with Crippen LogP contribution in [0.2, 0.25) is 0 Å². The maximum atomic E-state index is 14.2. The third-order valence-electron chi connectivity index (χ3n) is 5.85. The summed E-state index contributed by atoms with van der Waals surface area (Å²) >= 11 is 0. The van der Waals surface area contributed by atoms with Crippen LogP contribution in [-0.4, -0.2) is 51.6 Å². The van der Waals surface area contributed by atoms with Crippen LogP contribution in [0.1, 0.15) is 29.0 Å². The van der Waals surface area contributed by atoms with Gasteiger partial charge in [-0.2, -0.15) is 0 Å². The van der Waals surface area contributed by atoms with Crippen LogP contribution < -0.4 is 10.2 Å². The minimum Gasteiger partial charge on any atom is -0.381 e. The molecule has 8 nitrogen and oxygen atoms in total. The Kier molecular flexibility index (Phi) is 4.82. The van der Waals surface area contributed by atoms with Crippen LogP contribution in [0.5, 0.6) is 0 Å². The van der Waals surface area contributed by atoms with Crippen LogP contribution in [0, 0.1) is 24.6 Å². The zero-order valence-electron chi connectivity index (χ0n) is 16.7. The summed E-state index contributed by atoms with van der Waals surface area (Å²) in [4.78, 5) is 27.4. The fraction of sp³-hybridized carbons (Fsp3) is 0.429. The largest absolute Gasteiger partial charge is 0.381 e. The van der Waals surface area contributed by atoms with Gasteiger partial charge in [-0.3, -0.25) is 4.79 Å². The Balaban J connectivity index is 1.22. The van der Waals surface area contributed by atoms with Gasteiger partial charge in [0.1, 0.15) is 11.5 Å². The molecule has 30 heavy (non-hydrogen) atoms. The van der Waals surface area contributed by atoms with E-state index in [2.05, 4.69) is 25.2 Å². The maximum Gasteiger partial charge on any atom is 0.275 e. The van der Waals surface area contributed by atoms with Gasteiger partial charge in [-0.1, -0.05) is 0 Å². The lowest BCUT2D eigenvalue weighted by atomic mass is 9.82. The third-order valence-corrected chi connectivity index (χ3v) is 5.85. The highest BCUT2D eigenvalue weighted by Crippen LogP contribution is 2.32. The van der Waals surface area contributed by atoms with E-state index in [1.54, 1.807) is 29.9 Å². The first-order chi connectivity index (χ1) is 14.6. The van der Waals surface area contributed by atoms with E-state index in [0.717, 1.165) is 38.5 Å². The molecular weight excluding hydrogens is 387 g/mol. The molecule has 1 unspecified atom stereocenters. The van der Waals surface area contributed by atoms with E-state index in [-0.39, 0.29) is 11.3 Å². The van der Waals surface area contributed by atoms with Crippen LogP contribution in [-0.2, 0) is 4.74 Å². The van der Waals surface area contributed by atoms with Gasteiger partial charge < -0.3 is 19.4 Å². The SMILES string of the molecule is Cc1cn2cc(NC(=O)c3cnc(N4CC(C5CCCOC5)C4)cn3)cc(F)c2n1. The first kappa shape index (κ1) is 18.9. The van der Waals surface area contributed by atoms with Gasteiger partial charge in [0.15, 0.2) is 11.5 Å². The van der Waals surface area contributed by atoms with Gasteiger partial charge in [0, 0.05) is 44.8 Å². The molecule has 2 saturated heterocycles. The van der Waals surface area contributed by atoms with Crippen LogP contribution >= 0.6 is 0 Å². The number of anilines is 2. The van der Waals surface area contributed by atoms with Gasteiger partial charge in [-0.25, -0.2) is 19.3 Å².